The molecule has 0 saturated carbocycles. The van der Waals surface area contributed by atoms with Crippen LogP contribution >= 0.6 is 11.8 Å². The fourth-order valence-corrected chi connectivity index (χ4v) is 4.98. The molecule has 3 aromatic rings. The van der Waals surface area contributed by atoms with Gasteiger partial charge in [0.15, 0.2) is 6.29 Å². The van der Waals surface area contributed by atoms with E-state index < -0.39 is 12.4 Å². The van der Waals surface area contributed by atoms with Gasteiger partial charge in [0, 0.05) is 40.9 Å². The number of anilines is 2. The van der Waals surface area contributed by atoms with Gasteiger partial charge in [-0.05, 0) is 47.5 Å². The Morgan fingerprint density at radius 1 is 0.974 bits per heavy atom. The lowest BCUT2D eigenvalue weighted by atomic mass is 10.0. The van der Waals surface area contributed by atoms with Crippen LogP contribution in [0.3, 0.4) is 0 Å². The first-order valence-corrected chi connectivity index (χ1v) is 13.6. The van der Waals surface area contributed by atoms with E-state index in [4.69, 9.17) is 14.2 Å². The molecule has 204 valence electrons. The maximum absolute atomic E-state index is 11.8. The van der Waals surface area contributed by atoms with E-state index in [0.717, 1.165) is 27.3 Å². The van der Waals surface area contributed by atoms with Crippen molar-refractivity contribution in [3.05, 3.63) is 102 Å². The van der Waals surface area contributed by atoms with Crippen LogP contribution in [0.25, 0.3) is 0 Å². The number of aliphatic hydroxyl groups excluding tert-OH is 1. The molecular weight excluding hydrogens is 516 g/mol. The predicted octanol–water partition coefficient (Wildman–Crippen LogP) is 6.21. The second-order valence-electron chi connectivity index (χ2n) is 9.00. The van der Waals surface area contributed by atoms with Crippen molar-refractivity contribution in [1.82, 2.24) is 0 Å². The summed E-state index contributed by atoms with van der Waals surface area (Å²) in [6.45, 7) is 5.13. The monoisotopic (exact) mass is 548 g/mol. The molecule has 0 spiro atoms. The maximum Gasteiger partial charge on any atom is 0.411 e. The molecule has 2 amide bonds. The Morgan fingerprint density at radius 2 is 1.62 bits per heavy atom. The fourth-order valence-electron chi connectivity index (χ4n) is 4.06. The summed E-state index contributed by atoms with van der Waals surface area (Å²) in [5, 5.41) is 14.9. The first-order chi connectivity index (χ1) is 18.9. The summed E-state index contributed by atoms with van der Waals surface area (Å²) < 4.78 is 17.7. The number of ether oxygens (including phenoxy) is 3. The van der Waals surface area contributed by atoms with Gasteiger partial charge in [-0.25, -0.2) is 4.79 Å². The van der Waals surface area contributed by atoms with Crippen LogP contribution < -0.4 is 10.6 Å². The van der Waals surface area contributed by atoms with Gasteiger partial charge in [-0.15, -0.1) is 11.8 Å². The van der Waals surface area contributed by atoms with E-state index in [1.54, 1.807) is 23.9 Å². The number of carbonyl (C=O) groups is 2. The summed E-state index contributed by atoms with van der Waals surface area (Å²) in [5.74, 6) is 0.603. The lowest BCUT2D eigenvalue weighted by Gasteiger charge is -2.36. The Kier molecular flexibility index (Phi) is 10.2. The topological polar surface area (TPSA) is 106 Å². The van der Waals surface area contributed by atoms with Crippen LogP contribution in [0.2, 0.25) is 0 Å². The lowest BCUT2D eigenvalue weighted by Crippen LogP contribution is -2.31. The number of hydrogen-bond acceptors (Lipinski definition) is 7. The van der Waals surface area contributed by atoms with Crippen LogP contribution in [0.15, 0.2) is 90.3 Å². The van der Waals surface area contributed by atoms with Crippen molar-refractivity contribution in [3.63, 3.8) is 0 Å². The molecule has 3 atom stereocenters. The van der Waals surface area contributed by atoms with Crippen molar-refractivity contribution in [1.29, 1.82) is 0 Å². The minimum Gasteiger partial charge on any atom is -0.445 e. The molecular formula is C30H32N2O6S. The molecule has 0 aromatic heterocycles. The Hall–Kier alpha value is -3.63. The largest absolute Gasteiger partial charge is 0.445 e. The molecule has 1 heterocycles. The van der Waals surface area contributed by atoms with E-state index in [2.05, 4.69) is 17.2 Å². The number of hydrogen-bond donors (Lipinski definition) is 3. The summed E-state index contributed by atoms with van der Waals surface area (Å²) in [7, 11) is 0. The number of thioether (sulfide) groups is 1. The molecule has 0 aliphatic carbocycles. The molecule has 9 heteroatoms. The van der Waals surface area contributed by atoms with Gasteiger partial charge in [0.05, 0.1) is 18.8 Å². The third kappa shape index (κ3) is 8.43. The highest BCUT2D eigenvalue weighted by molar-refractivity contribution is 7.99. The zero-order valence-corrected chi connectivity index (χ0v) is 22.5. The third-order valence-electron chi connectivity index (χ3n) is 5.99. The van der Waals surface area contributed by atoms with Gasteiger partial charge < -0.3 is 24.6 Å². The molecule has 3 unspecified atom stereocenters. The van der Waals surface area contributed by atoms with Gasteiger partial charge in [0.1, 0.15) is 6.61 Å². The van der Waals surface area contributed by atoms with Gasteiger partial charge in [0.25, 0.3) is 0 Å². The molecule has 0 bridgehead atoms. The van der Waals surface area contributed by atoms with E-state index in [1.165, 1.54) is 13.0 Å². The van der Waals surface area contributed by atoms with Crippen molar-refractivity contribution in [2.24, 2.45) is 0 Å². The highest BCUT2D eigenvalue weighted by atomic mass is 32.2. The Bertz CT molecular complexity index is 1250. The summed E-state index contributed by atoms with van der Waals surface area (Å²) >= 11 is 1.68. The number of nitrogens with one attached hydrogen (secondary N) is 2. The molecule has 0 radical (unpaired) electrons. The van der Waals surface area contributed by atoms with E-state index in [1.807, 2.05) is 60.7 Å². The molecule has 1 fully saturated rings. The van der Waals surface area contributed by atoms with Gasteiger partial charge >= 0.3 is 6.09 Å². The zero-order valence-electron chi connectivity index (χ0n) is 21.7. The standard InChI is InChI=1S/C30H32N2O6S/c1-3-16-36-30(35)32-25-10-8-23(9-11-25)29-37-26(17-28(38-29)22-6-4-21(18-33)5-7-22)19-39-27-14-12-24(13-15-27)31-20(2)34/h3-15,26,28-29,33H,1,16-19H2,2H3,(H,31,34)(H,32,35). The van der Waals surface area contributed by atoms with E-state index in [0.29, 0.717) is 17.9 Å². The van der Waals surface area contributed by atoms with Crippen LogP contribution in [0.5, 0.6) is 0 Å². The maximum atomic E-state index is 11.8. The minimum atomic E-state index is -0.601. The number of rotatable bonds is 10. The second-order valence-corrected chi connectivity index (χ2v) is 10.1. The van der Waals surface area contributed by atoms with E-state index in [-0.39, 0.29) is 31.3 Å². The molecule has 1 aliphatic heterocycles. The molecule has 1 aliphatic rings. The Morgan fingerprint density at radius 3 is 2.26 bits per heavy atom. The highest BCUT2D eigenvalue weighted by Crippen LogP contribution is 2.39. The molecule has 8 nitrogen and oxygen atoms in total. The van der Waals surface area contributed by atoms with Crippen LogP contribution in [0, 0.1) is 0 Å². The summed E-state index contributed by atoms with van der Waals surface area (Å²) in [6, 6.07) is 22.7. The fraction of sp³-hybridized carbons (Fsp3) is 0.267. The smallest absolute Gasteiger partial charge is 0.411 e. The Labute approximate surface area is 232 Å². The summed E-state index contributed by atoms with van der Waals surface area (Å²) in [5.41, 5.74) is 4.03. The van der Waals surface area contributed by atoms with E-state index >= 15 is 0 Å². The predicted molar refractivity (Wildman–Crippen MR) is 152 cm³/mol. The molecule has 1 saturated heterocycles. The van der Waals surface area contributed by atoms with Gasteiger partial charge in [0.2, 0.25) is 5.91 Å². The van der Waals surface area contributed by atoms with Gasteiger partial charge in [-0.3, -0.25) is 10.1 Å². The summed E-state index contributed by atoms with van der Waals surface area (Å²) in [6.07, 6.45) is 0.718. The van der Waals surface area contributed by atoms with Crippen LogP contribution in [0.4, 0.5) is 16.2 Å². The highest BCUT2D eigenvalue weighted by Gasteiger charge is 2.32. The quantitative estimate of drug-likeness (QED) is 0.204. The zero-order chi connectivity index (χ0) is 27.6. The molecule has 3 aromatic carbocycles. The van der Waals surface area contributed by atoms with E-state index in [9.17, 15) is 14.7 Å². The second kappa shape index (κ2) is 14.0. The SMILES string of the molecule is C=CCOC(=O)Nc1ccc(C2OC(CSc3ccc(NC(C)=O)cc3)CC(c3ccc(CO)cc3)O2)cc1. The molecule has 4 rings (SSSR count). The first kappa shape index (κ1) is 28.4. The summed E-state index contributed by atoms with van der Waals surface area (Å²) in [4.78, 5) is 24.2. The first-order valence-electron chi connectivity index (χ1n) is 12.6. The number of carbonyl (C=O) groups excluding carboxylic acids is 2. The van der Waals surface area contributed by atoms with Crippen molar-refractivity contribution >= 4 is 35.1 Å². The van der Waals surface area contributed by atoms with Crippen molar-refractivity contribution in [2.45, 2.75) is 43.3 Å². The molecule has 39 heavy (non-hydrogen) atoms. The average Bonchev–Trinajstić information content (AvgIpc) is 2.95. The third-order valence-corrected chi connectivity index (χ3v) is 7.13. The van der Waals surface area contributed by atoms with Crippen molar-refractivity contribution < 1.29 is 28.9 Å². The van der Waals surface area contributed by atoms with Crippen molar-refractivity contribution in [3.8, 4) is 0 Å². The average molecular weight is 549 g/mol. The lowest BCUT2D eigenvalue weighted by molar-refractivity contribution is -0.245. The normalized spacial score (nSPS) is 18.7. The number of aliphatic hydroxyl groups is 1. The minimum absolute atomic E-state index is 0.0148. The molecule has 3 N–H and O–H groups in total. The van der Waals surface area contributed by atoms with Crippen LogP contribution in [-0.4, -0.2) is 35.6 Å². The van der Waals surface area contributed by atoms with Crippen LogP contribution in [-0.2, 0) is 25.6 Å². The Balaban J connectivity index is 1.46. The van der Waals surface area contributed by atoms with Crippen molar-refractivity contribution in [2.75, 3.05) is 23.0 Å². The van der Waals surface area contributed by atoms with Crippen LogP contribution in [0.1, 0.15) is 42.4 Å². The van der Waals surface area contributed by atoms with Gasteiger partial charge in [-0.2, -0.15) is 0 Å². The van der Waals surface area contributed by atoms with Gasteiger partial charge in [-0.1, -0.05) is 49.1 Å². The number of amides is 2. The number of benzene rings is 3.